The minimum Gasteiger partial charge on any atom is -0.394 e. The zero-order valence-corrected chi connectivity index (χ0v) is 11.4. The number of hydrogen-bond donors (Lipinski definition) is 1. The fourth-order valence-electron chi connectivity index (χ4n) is 2.99. The lowest BCUT2D eigenvalue weighted by Crippen LogP contribution is -2.36. The summed E-state index contributed by atoms with van der Waals surface area (Å²) in [7, 11) is 0. The molecule has 2 atom stereocenters. The third-order valence-corrected chi connectivity index (χ3v) is 4.19. The molecule has 19 heavy (non-hydrogen) atoms. The van der Waals surface area contributed by atoms with Crippen LogP contribution in [-0.2, 0) is 0 Å². The van der Waals surface area contributed by atoms with Crippen LogP contribution < -0.4 is 4.90 Å². The zero-order chi connectivity index (χ0) is 13.4. The number of aryl methyl sites for hydroxylation is 1. The highest BCUT2D eigenvalue weighted by Gasteiger charge is 2.32. The number of anilines is 1. The molecule has 3 rings (SSSR count). The first kappa shape index (κ1) is 12.4. The Balaban J connectivity index is 2.13. The van der Waals surface area contributed by atoms with Crippen molar-refractivity contribution >= 4 is 16.6 Å². The quantitative estimate of drug-likeness (QED) is 0.895. The zero-order valence-electron chi connectivity index (χ0n) is 11.4. The predicted octanol–water partition coefficient (Wildman–Crippen LogP) is 2.15. The number of fused-ring (bicyclic) bond motifs is 1. The maximum absolute atomic E-state index is 9.60. The number of hydrogen-bond acceptors (Lipinski definition) is 4. The van der Waals surface area contributed by atoms with E-state index >= 15 is 0 Å². The molecule has 1 saturated heterocycles. The summed E-state index contributed by atoms with van der Waals surface area (Å²) in [4.78, 5) is 2.21. The molecule has 2 aromatic rings. The summed E-state index contributed by atoms with van der Waals surface area (Å²) in [5, 5.41) is 20.5. The third-order valence-electron chi connectivity index (χ3n) is 4.19. The Bertz CT molecular complexity index is 599. The summed E-state index contributed by atoms with van der Waals surface area (Å²) in [6, 6.07) is 8.37. The smallest absolute Gasteiger partial charge is 0.159 e. The fourth-order valence-corrected chi connectivity index (χ4v) is 2.99. The van der Waals surface area contributed by atoms with Crippen LogP contribution in [0.2, 0.25) is 0 Å². The van der Waals surface area contributed by atoms with Crippen LogP contribution in [0.4, 0.5) is 5.82 Å². The van der Waals surface area contributed by atoms with E-state index in [1.54, 1.807) is 0 Å². The van der Waals surface area contributed by atoms with Crippen molar-refractivity contribution in [2.24, 2.45) is 5.92 Å². The third kappa shape index (κ3) is 1.96. The number of benzene rings is 1. The van der Waals surface area contributed by atoms with Crippen LogP contribution in [0.1, 0.15) is 19.0 Å². The van der Waals surface area contributed by atoms with Crippen LogP contribution in [0.25, 0.3) is 10.8 Å². The van der Waals surface area contributed by atoms with Gasteiger partial charge in [-0.1, -0.05) is 31.2 Å². The molecule has 4 nitrogen and oxygen atoms in total. The molecular weight excluding hydrogens is 238 g/mol. The Kier molecular flexibility index (Phi) is 3.11. The van der Waals surface area contributed by atoms with Gasteiger partial charge in [-0.3, -0.25) is 0 Å². The van der Waals surface area contributed by atoms with Gasteiger partial charge in [-0.2, -0.15) is 5.10 Å². The highest BCUT2D eigenvalue weighted by Crippen LogP contribution is 2.32. The van der Waals surface area contributed by atoms with Crippen molar-refractivity contribution in [2.45, 2.75) is 26.3 Å². The molecule has 1 N–H and O–H groups in total. The monoisotopic (exact) mass is 257 g/mol. The van der Waals surface area contributed by atoms with Crippen LogP contribution in [-0.4, -0.2) is 34.5 Å². The average Bonchev–Trinajstić information content (AvgIpc) is 2.80. The minimum atomic E-state index is 0.153. The maximum atomic E-state index is 9.60. The second-order valence-electron chi connectivity index (χ2n) is 5.36. The Morgan fingerprint density at radius 2 is 2.00 bits per heavy atom. The first-order valence-electron chi connectivity index (χ1n) is 6.82. The standard InChI is InChI=1S/C15H19N3O/c1-10-7-8-18(14(10)9-19)15-13-6-4-3-5-12(13)11(2)16-17-15/h3-6,10,14,19H,7-9H2,1-2H3. The molecule has 0 spiro atoms. The number of rotatable bonds is 2. The van der Waals surface area contributed by atoms with E-state index in [0.29, 0.717) is 5.92 Å². The highest BCUT2D eigenvalue weighted by molar-refractivity contribution is 5.93. The van der Waals surface area contributed by atoms with Crippen LogP contribution in [0, 0.1) is 12.8 Å². The lowest BCUT2D eigenvalue weighted by molar-refractivity contribution is 0.244. The number of aliphatic hydroxyl groups is 1. The SMILES string of the molecule is Cc1nnc(N2CCC(C)C2CO)c2ccccc12. The van der Waals surface area contributed by atoms with Crippen molar-refractivity contribution in [1.29, 1.82) is 0 Å². The van der Waals surface area contributed by atoms with Crippen LogP contribution in [0.3, 0.4) is 0 Å². The molecule has 0 radical (unpaired) electrons. The van der Waals surface area contributed by atoms with Gasteiger partial charge in [0.25, 0.3) is 0 Å². The van der Waals surface area contributed by atoms with Crippen LogP contribution in [0.5, 0.6) is 0 Å². The van der Waals surface area contributed by atoms with E-state index in [9.17, 15) is 5.11 Å². The molecule has 100 valence electrons. The molecule has 4 heteroatoms. The largest absolute Gasteiger partial charge is 0.394 e. The second-order valence-corrected chi connectivity index (χ2v) is 5.36. The van der Waals surface area contributed by atoms with Gasteiger partial charge in [0.1, 0.15) is 0 Å². The summed E-state index contributed by atoms with van der Waals surface area (Å²) >= 11 is 0. The van der Waals surface area contributed by atoms with E-state index in [-0.39, 0.29) is 12.6 Å². The van der Waals surface area contributed by atoms with E-state index in [4.69, 9.17) is 0 Å². The molecule has 0 aliphatic carbocycles. The van der Waals surface area contributed by atoms with Crippen molar-refractivity contribution in [2.75, 3.05) is 18.1 Å². The topological polar surface area (TPSA) is 49.2 Å². The van der Waals surface area contributed by atoms with Gasteiger partial charge in [0.15, 0.2) is 5.82 Å². The number of aromatic nitrogens is 2. The highest BCUT2D eigenvalue weighted by atomic mass is 16.3. The Labute approximate surface area is 113 Å². The van der Waals surface area contributed by atoms with Gasteiger partial charge < -0.3 is 10.0 Å². The Hall–Kier alpha value is -1.68. The minimum absolute atomic E-state index is 0.153. The molecule has 0 saturated carbocycles. The lowest BCUT2D eigenvalue weighted by atomic mass is 10.0. The predicted molar refractivity (Wildman–Crippen MR) is 76.3 cm³/mol. The number of aliphatic hydroxyl groups excluding tert-OH is 1. The molecule has 0 amide bonds. The van der Waals surface area contributed by atoms with Gasteiger partial charge in [0.05, 0.1) is 18.3 Å². The first-order valence-corrected chi connectivity index (χ1v) is 6.82. The van der Waals surface area contributed by atoms with Gasteiger partial charge in [0, 0.05) is 17.3 Å². The van der Waals surface area contributed by atoms with Crippen LogP contribution >= 0.6 is 0 Å². The first-order chi connectivity index (χ1) is 9.22. The Morgan fingerprint density at radius 1 is 1.26 bits per heavy atom. The second kappa shape index (κ2) is 4.78. The summed E-state index contributed by atoms with van der Waals surface area (Å²) in [5.41, 5.74) is 0.951. The van der Waals surface area contributed by atoms with Crippen molar-refractivity contribution in [1.82, 2.24) is 10.2 Å². The lowest BCUT2D eigenvalue weighted by Gasteiger charge is -2.27. The van der Waals surface area contributed by atoms with E-state index in [0.717, 1.165) is 35.2 Å². The Morgan fingerprint density at radius 3 is 2.74 bits per heavy atom. The molecule has 1 aliphatic heterocycles. The molecule has 1 aromatic carbocycles. The molecule has 1 fully saturated rings. The normalized spacial score (nSPS) is 23.2. The molecule has 0 bridgehead atoms. The van der Waals surface area contributed by atoms with Crippen LogP contribution in [0.15, 0.2) is 24.3 Å². The summed E-state index contributed by atoms with van der Waals surface area (Å²) in [6.07, 6.45) is 1.09. The van der Waals surface area contributed by atoms with Crippen molar-refractivity contribution in [3.05, 3.63) is 30.0 Å². The van der Waals surface area contributed by atoms with Gasteiger partial charge >= 0.3 is 0 Å². The van der Waals surface area contributed by atoms with E-state index in [1.807, 2.05) is 19.1 Å². The van der Waals surface area contributed by atoms with Gasteiger partial charge in [-0.05, 0) is 19.3 Å². The molecular formula is C15H19N3O. The molecule has 2 heterocycles. The molecule has 1 aliphatic rings. The summed E-state index contributed by atoms with van der Waals surface area (Å²) < 4.78 is 0. The fraction of sp³-hybridized carbons (Fsp3) is 0.467. The van der Waals surface area contributed by atoms with Crippen molar-refractivity contribution in [3.63, 3.8) is 0 Å². The summed E-state index contributed by atoms with van der Waals surface area (Å²) in [6.45, 7) is 5.28. The van der Waals surface area contributed by atoms with Gasteiger partial charge in [-0.15, -0.1) is 5.10 Å². The van der Waals surface area contributed by atoms with E-state index in [1.165, 1.54) is 0 Å². The van der Waals surface area contributed by atoms with E-state index in [2.05, 4.69) is 34.2 Å². The van der Waals surface area contributed by atoms with E-state index < -0.39 is 0 Å². The van der Waals surface area contributed by atoms with Crippen molar-refractivity contribution in [3.8, 4) is 0 Å². The number of nitrogens with zero attached hydrogens (tertiary/aromatic N) is 3. The average molecular weight is 257 g/mol. The molecule has 1 aromatic heterocycles. The molecule has 2 unspecified atom stereocenters. The van der Waals surface area contributed by atoms with Gasteiger partial charge in [0.2, 0.25) is 0 Å². The summed E-state index contributed by atoms with van der Waals surface area (Å²) in [5.74, 6) is 1.40. The van der Waals surface area contributed by atoms with Gasteiger partial charge in [-0.25, -0.2) is 0 Å². The maximum Gasteiger partial charge on any atom is 0.159 e. The van der Waals surface area contributed by atoms with Crippen molar-refractivity contribution < 1.29 is 5.11 Å².